The minimum atomic E-state index is -1.04. The molecule has 0 aromatic carbocycles. The molecule has 7 heteroatoms. The summed E-state index contributed by atoms with van der Waals surface area (Å²) in [6, 6.07) is 1.52. The molecular formula is C8H6BrNO4S. The Bertz CT molecular complexity index is 451. The first-order chi connectivity index (χ1) is 6.91. The number of nitro groups is 1. The molecule has 1 rings (SSSR count). The van der Waals surface area contributed by atoms with E-state index in [2.05, 4.69) is 15.9 Å². The van der Waals surface area contributed by atoms with Gasteiger partial charge in [0.2, 0.25) is 0 Å². The van der Waals surface area contributed by atoms with Crippen LogP contribution in [-0.2, 0) is 4.79 Å². The average Bonchev–Trinajstić information content (AvgIpc) is 2.46. The number of hydrogen-bond donors (Lipinski definition) is 1. The Labute approximate surface area is 97.3 Å². The molecule has 0 aliphatic heterocycles. The standard InChI is InChI=1S/C8H6BrNO4S/c1-4(8(11)12)2-5-3-6(9)7(15-5)10(13)14/h2-3H,1H3,(H,11,12)/b4-2+. The molecule has 0 radical (unpaired) electrons. The van der Waals surface area contributed by atoms with Crippen molar-refractivity contribution in [3.05, 3.63) is 31.1 Å². The van der Waals surface area contributed by atoms with Crippen molar-refractivity contribution in [3.8, 4) is 0 Å². The van der Waals surface area contributed by atoms with Crippen LogP contribution in [0.3, 0.4) is 0 Å². The van der Waals surface area contributed by atoms with Crippen LogP contribution in [-0.4, -0.2) is 16.0 Å². The third-order valence-electron chi connectivity index (χ3n) is 1.55. The van der Waals surface area contributed by atoms with E-state index < -0.39 is 10.9 Å². The van der Waals surface area contributed by atoms with Crippen molar-refractivity contribution in [1.29, 1.82) is 0 Å². The highest BCUT2D eigenvalue weighted by atomic mass is 79.9. The highest BCUT2D eigenvalue weighted by molar-refractivity contribution is 9.10. The molecule has 0 unspecified atom stereocenters. The van der Waals surface area contributed by atoms with E-state index in [0.29, 0.717) is 9.35 Å². The van der Waals surface area contributed by atoms with Gasteiger partial charge in [-0.05, 0) is 35.0 Å². The molecule has 0 aliphatic carbocycles. The van der Waals surface area contributed by atoms with Gasteiger partial charge in [0, 0.05) is 10.5 Å². The zero-order valence-electron chi connectivity index (χ0n) is 7.56. The highest BCUT2D eigenvalue weighted by Crippen LogP contribution is 2.35. The SMILES string of the molecule is C/C(=C\c1cc(Br)c([N+](=O)[O-])s1)C(=O)O. The van der Waals surface area contributed by atoms with E-state index in [1.165, 1.54) is 19.1 Å². The third-order valence-corrected chi connectivity index (χ3v) is 3.45. The minimum absolute atomic E-state index is 0.0283. The lowest BCUT2D eigenvalue weighted by molar-refractivity contribution is -0.380. The van der Waals surface area contributed by atoms with Crippen molar-refractivity contribution in [1.82, 2.24) is 0 Å². The maximum absolute atomic E-state index is 10.5. The Morgan fingerprint density at radius 3 is 2.73 bits per heavy atom. The predicted octanol–water partition coefficient (Wildman–Crippen LogP) is 2.91. The van der Waals surface area contributed by atoms with Crippen LogP contribution in [0.1, 0.15) is 11.8 Å². The van der Waals surface area contributed by atoms with Crippen LogP contribution in [0, 0.1) is 10.1 Å². The molecule has 80 valence electrons. The Kier molecular flexibility index (Phi) is 3.59. The van der Waals surface area contributed by atoms with Gasteiger partial charge in [-0.25, -0.2) is 4.79 Å². The largest absolute Gasteiger partial charge is 0.478 e. The summed E-state index contributed by atoms with van der Waals surface area (Å²) in [5.41, 5.74) is 0.138. The topological polar surface area (TPSA) is 80.4 Å². The normalized spacial score (nSPS) is 11.5. The first-order valence-corrected chi connectivity index (χ1v) is 5.38. The maximum atomic E-state index is 10.5. The monoisotopic (exact) mass is 291 g/mol. The molecule has 1 heterocycles. The second kappa shape index (κ2) is 4.54. The van der Waals surface area contributed by atoms with Gasteiger partial charge in [0.05, 0.1) is 4.92 Å². The molecular weight excluding hydrogens is 286 g/mol. The van der Waals surface area contributed by atoms with Crippen molar-refractivity contribution in [2.45, 2.75) is 6.92 Å². The Balaban J connectivity index is 3.09. The van der Waals surface area contributed by atoms with E-state index in [4.69, 9.17) is 5.11 Å². The van der Waals surface area contributed by atoms with Crippen LogP contribution in [0.5, 0.6) is 0 Å². The van der Waals surface area contributed by atoms with Crippen LogP contribution in [0.25, 0.3) is 6.08 Å². The lowest BCUT2D eigenvalue weighted by Crippen LogP contribution is -1.94. The molecule has 5 nitrogen and oxygen atoms in total. The van der Waals surface area contributed by atoms with Gasteiger partial charge in [-0.2, -0.15) is 0 Å². The van der Waals surface area contributed by atoms with Gasteiger partial charge in [0.15, 0.2) is 0 Å². The smallest absolute Gasteiger partial charge is 0.338 e. The lowest BCUT2D eigenvalue weighted by atomic mass is 10.2. The average molecular weight is 292 g/mol. The third kappa shape index (κ3) is 2.87. The molecule has 0 saturated carbocycles. The Hall–Kier alpha value is -1.21. The number of thiophene rings is 1. The van der Waals surface area contributed by atoms with Crippen LogP contribution in [0.4, 0.5) is 5.00 Å². The molecule has 1 aromatic heterocycles. The summed E-state index contributed by atoms with van der Waals surface area (Å²) in [5.74, 6) is -1.04. The van der Waals surface area contributed by atoms with Gasteiger partial charge in [-0.1, -0.05) is 11.3 Å². The first kappa shape index (κ1) is 11.9. The second-order valence-corrected chi connectivity index (χ2v) is 4.61. The van der Waals surface area contributed by atoms with Gasteiger partial charge in [-0.3, -0.25) is 10.1 Å². The number of carboxylic acids is 1. The number of nitrogens with zero attached hydrogens (tertiary/aromatic N) is 1. The second-order valence-electron chi connectivity index (χ2n) is 2.69. The summed E-state index contributed by atoms with van der Waals surface area (Å²) in [4.78, 5) is 21.0. The number of halogens is 1. The summed E-state index contributed by atoms with van der Waals surface area (Å²) < 4.78 is 0.363. The Morgan fingerprint density at radius 2 is 2.33 bits per heavy atom. The van der Waals surface area contributed by atoms with Gasteiger partial charge in [0.1, 0.15) is 4.47 Å². The van der Waals surface area contributed by atoms with Gasteiger partial charge in [-0.15, -0.1) is 0 Å². The fourth-order valence-corrected chi connectivity index (χ4v) is 2.50. The highest BCUT2D eigenvalue weighted by Gasteiger charge is 2.16. The quantitative estimate of drug-likeness (QED) is 0.527. The summed E-state index contributed by atoms with van der Waals surface area (Å²) >= 11 is 3.96. The minimum Gasteiger partial charge on any atom is -0.478 e. The van der Waals surface area contributed by atoms with Crippen molar-refractivity contribution >= 4 is 44.3 Å². The van der Waals surface area contributed by atoms with E-state index >= 15 is 0 Å². The molecule has 1 N–H and O–H groups in total. The van der Waals surface area contributed by atoms with Crippen LogP contribution < -0.4 is 0 Å². The summed E-state index contributed by atoms with van der Waals surface area (Å²) in [6.07, 6.45) is 1.39. The van der Waals surface area contributed by atoms with Crippen LogP contribution >= 0.6 is 27.3 Å². The van der Waals surface area contributed by atoms with Crippen molar-refractivity contribution in [2.24, 2.45) is 0 Å². The van der Waals surface area contributed by atoms with Crippen molar-refractivity contribution < 1.29 is 14.8 Å². The number of carbonyl (C=O) groups is 1. The lowest BCUT2D eigenvalue weighted by Gasteiger charge is -1.89. The van der Waals surface area contributed by atoms with Gasteiger partial charge in [0.25, 0.3) is 0 Å². The molecule has 15 heavy (non-hydrogen) atoms. The molecule has 1 aromatic rings. The van der Waals surface area contributed by atoms with Crippen molar-refractivity contribution in [3.63, 3.8) is 0 Å². The maximum Gasteiger partial charge on any atom is 0.338 e. The van der Waals surface area contributed by atoms with E-state index in [0.717, 1.165) is 11.3 Å². The van der Waals surface area contributed by atoms with Gasteiger partial charge < -0.3 is 5.11 Å². The van der Waals surface area contributed by atoms with Crippen LogP contribution in [0.2, 0.25) is 0 Å². The van der Waals surface area contributed by atoms with Crippen molar-refractivity contribution in [2.75, 3.05) is 0 Å². The zero-order chi connectivity index (χ0) is 11.6. The predicted molar refractivity (Wildman–Crippen MR) is 60.0 cm³/mol. The van der Waals surface area contributed by atoms with E-state index in [1.54, 1.807) is 0 Å². The molecule has 0 saturated heterocycles. The molecule has 0 aliphatic rings. The number of aliphatic carboxylic acids is 1. The molecule has 0 bridgehead atoms. The molecule has 0 fully saturated rings. The molecule has 0 atom stereocenters. The fraction of sp³-hybridized carbons (Fsp3) is 0.125. The number of carboxylic acid groups (broad SMARTS) is 1. The van der Waals surface area contributed by atoms with E-state index in [1.807, 2.05) is 0 Å². The Morgan fingerprint density at radius 1 is 1.73 bits per heavy atom. The molecule has 0 spiro atoms. The fourth-order valence-electron chi connectivity index (χ4n) is 0.847. The zero-order valence-corrected chi connectivity index (χ0v) is 9.96. The van der Waals surface area contributed by atoms with E-state index in [-0.39, 0.29) is 10.6 Å². The number of hydrogen-bond acceptors (Lipinski definition) is 4. The summed E-state index contributed by atoms with van der Waals surface area (Å²) in [5, 5.41) is 19.1. The first-order valence-electron chi connectivity index (χ1n) is 3.77. The van der Waals surface area contributed by atoms with Gasteiger partial charge >= 0.3 is 11.0 Å². The molecule has 0 amide bonds. The summed E-state index contributed by atoms with van der Waals surface area (Å²) in [7, 11) is 0. The summed E-state index contributed by atoms with van der Waals surface area (Å²) in [6.45, 7) is 1.43. The van der Waals surface area contributed by atoms with E-state index in [9.17, 15) is 14.9 Å². The number of rotatable bonds is 3. The van der Waals surface area contributed by atoms with Crippen LogP contribution in [0.15, 0.2) is 16.1 Å².